The zero-order chi connectivity index (χ0) is 20.9. The van der Waals surface area contributed by atoms with E-state index in [4.69, 9.17) is 0 Å². The molecule has 0 saturated heterocycles. The normalized spacial score (nSPS) is 15.9. The molecule has 0 atom stereocenters. The van der Waals surface area contributed by atoms with Crippen LogP contribution in [0.25, 0.3) is 0 Å². The van der Waals surface area contributed by atoms with Crippen LogP contribution in [0.15, 0.2) is 42.5 Å². The minimum atomic E-state index is -3.34. The molecule has 0 N–H and O–H groups in total. The van der Waals surface area contributed by atoms with E-state index >= 15 is 0 Å². The van der Waals surface area contributed by atoms with Crippen molar-refractivity contribution in [1.82, 2.24) is 9.80 Å². The van der Waals surface area contributed by atoms with Crippen LogP contribution >= 0.6 is 0 Å². The molecule has 0 radical (unpaired) electrons. The number of carbonyl (C=O) groups excluding carboxylic acids is 4. The van der Waals surface area contributed by atoms with Gasteiger partial charge in [-0.2, -0.15) is 0 Å². The number of carbonyl (C=O) groups is 4. The summed E-state index contributed by atoms with van der Waals surface area (Å²) in [6, 6.07) is 11.0. The maximum absolute atomic E-state index is 12.6. The largest absolute Gasteiger partial charge is 0.273 e. The lowest BCUT2D eigenvalue weighted by atomic mass is 10.1. The smallest absolute Gasteiger partial charge is 0.261 e. The Bertz CT molecular complexity index is 1170. The molecule has 148 valence electrons. The number of hydrogen-bond donors (Lipinski definition) is 0. The van der Waals surface area contributed by atoms with Gasteiger partial charge in [0.1, 0.15) is 9.84 Å². The zero-order valence-electron chi connectivity index (χ0n) is 15.4. The number of hydrogen-bond acceptors (Lipinski definition) is 6. The first-order valence-corrected chi connectivity index (χ1v) is 10.9. The predicted octanol–water partition coefficient (Wildman–Crippen LogP) is 1.12. The minimum absolute atomic E-state index is 0.0373. The van der Waals surface area contributed by atoms with Gasteiger partial charge < -0.3 is 0 Å². The van der Waals surface area contributed by atoms with E-state index in [9.17, 15) is 27.6 Å². The zero-order valence-corrected chi connectivity index (χ0v) is 16.2. The fraction of sp³-hybridized carbons (Fsp3) is 0.200. The molecular formula is C20H16N2O6S. The highest BCUT2D eigenvalue weighted by Crippen LogP contribution is 2.27. The Morgan fingerprint density at radius 3 is 1.83 bits per heavy atom. The van der Waals surface area contributed by atoms with Crippen molar-refractivity contribution in [2.24, 2.45) is 0 Å². The van der Waals surface area contributed by atoms with Crippen LogP contribution < -0.4 is 0 Å². The molecule has 0 unspecified atom stereocenters. The summed E-state index contributed by atoms with van der Waals surface area (Å²) in [5, 5.41) is 0. The van der Waals surface area contributed by atoms with Crippen LogP contribution in [-0.4, -0.2) is 60.4 Å². The molecule has 2 aromatic rings. The van der Waals surface area contributed by atoms with Gasteiger partial charge in [0.15, 0.2) is 0 Å². The van der Waals surface area contributed by atoms with E-state index in [0.717, 1.165) is 16.1 Å². The van der Waals surface area contributed by atoms with Crippen molar-refractivity contribution >= 4 is 33.5 Å². The van der Waals surface area contributed by atoms with Crippen molar-refractivity contribution < 1.29 is 27.6 Å². The third-order valence-electron chi connectivity index (χ3n) is 4.94. The second-order valence-corrected chi connectivity index (χ2v) is 9.27. The fourth-order valence-electron chi connectivity index (χ4n) is 3.46. The first-order chi connectivity index (χ1) is 13.7. The van der Waals surface area contributed by atoms with Crippen LogP contribution in [0.3, 0.4) is 0 Å². The molecule has 2 aliphatic rings. The highest BCUT2D eigenvalue weighted by atomic mass is 32.2. The van der Waals surface area contributed by atoms with Gasteiger partial charge in [0.05, 0.1) is 34.6 Å². The molecule has 2 aliphatic heterocycles. The highest BCUT2D eigenvalue weighted by Gasteiger charge is 2.38. The molecule has 0 aromatic heterocycles. The van der Waals surface area contributed by atoms with Crippen molar-refractivity contribution in [2.45, 2.75) is 6.54 Å². The summed E-state index contributed by atoms with van der Waals surface area (Å²) in [4.78, 5) is 52.0. The number of amides is 4. The quantitative estimate of drug-likeness (QED) is 0.681. The third kappa shape index (κ3) is 3.23. The van der Waals surface area contributed by atoms with E-state index < -0.39 is 33.5 Å². The molecule has 0 fully saturated rings. The molecule has 0 spiro atoms. The second kappa shape index (κ2) is 6.63. The van der Waals surface area contributed by atoms with Crippen molar-refractivity contribution in [3.63, 3.8) is 0 Å². The van der Waals surface area contributed by atoms with Crippen LogP contribution in [-0.2, 0) is 16.4 Å². The summed E-state index contributed by atoms with van der Waals surface area (Å²) in [6.45, 7) is -0.261. The van der Waals surface area contributed by atoms with Crippen LogP contribution in [0.2, 0.25) is 0 Å². The molecule has 0 aliphatic carbocycles. The first-order valence-electron chi connectivity index (χ1n) is 8.79. The van der Waals surface area contributed by atoms with Gasteiger partial charge >= 0.3 is 0 Å². The van der Waals surface area contributed by atoms with E-state index in [-0.39, 0.29) is 30.0 Å². The Balaban J connectivity index is 1.58. The summed E-state index contributed by atoms with van der Waals surface area (Å²) >= 11 is 0. The second-order valence-electron chi connectivity index (χ2n) is 7.01. The van der Waals surface area contributed by atoms with Gasteiger partial charge in [-0.05, 0) is 29.8 Å². The van der Waals surface area contributed by atoms with E-state index in [1.807, 2.05) is 0 Å². The summed E-state index contributed by atoms with van der Waals surface area (Å²) in [5.74, 6) is -2.29. The number of rotatable bonds is 5. The van der Waals surface area contributed by atoms with Gasteiger partial charge in [0, 0.05) is 12.8 Å². The number of sulfone groups is 1. The maximum Gasteiger partial charge on any atom is 0.261 e. The van der Waals surface area contributed by atoms with Crippen LogP contribution in [0.1, 0.15) is 47.0 Å². The Hall–Kier alpha value is -3.33. The Kier molecular flexibility index (Phi) is 4.34. The average molecular weight is 412 g/mol. The predicted molar refractivity (Wildman–Crippen MR) is 102 cm³/mol. The molecule has 4 amide bonds. The standard InChI is InChI=1S/C20H16N2O6S/c1-29(27,28)9-8-21-17(23)15-7-6-12(10-16(15)20(21)26)11-22-18(24)13-4-2-3-5-14(13)19(22)25/h2-7,10H,8-9,11H2,1H3. The van der Waals surface area contributed by atoms with E-state index in [1.165, 1.54) is 12.1 Å². The van der Waals surface area contributed by atoms with Gasteiger partial charge in [-0.3, -0.25) is 29.0 Å². The van der Waals surface area contributed by atoms with Crippen molar-refractivity contribution in [2.75, 3.05) is 18.6 Å². The molecule has 0 saturated carbocycles. The average Bonchev–Trinajstić information content (AvgIpc) is 3.06. The van der Waals surface area contributed by atoms with Crippen LogP contribution in [0.5, 0.6) is 0 Å². The molecule has 9 heteroatoms. The summed E-state index contributed by atoms with van der Waals surface area (Å²) in [6.07, 6.45) is 1.03. The Morgan fingerprint density at radius 1 is 0.724 bits per heavy atom. The van der Waals surface area contributed by atoms with Gasteiger partial charge in [0.2, 0.25) is 0 Å². The first kappa shape index (κ1) is 19.0. The van der Waals surface area contributed by atoms with E-state index in [1.54, 1.807) is 30.3 Å². The third-order valence-corrected chi connectivity index (χ3v) is 5.86. The fourth-order valence-corrected chi connectivity index (χ4v) is 3.98. The topological polar surface area (TPSA) is 109 Å². The molecule has 8 nitrogen and oxygen atoms in total. The molecule has 2 aromatic carbocycles. The van der Waals surface area contributed by atoms with Crippen molar-refractivity contribution in [3.05, 3.63) is 70.3 Å². The molecule has 0 bridgehead atoms. The summed E-state index contributed by atoms with van der Waals surface area (Å²) in [5.41, 5.74) is 1.49. The van der Waals surface area contributed by atoms with Crippen LogP contribution in [0.4, 0.5) is 0 Å². The summed E-state index contributed by atoms with van der Waals surface area (Å²) < 4.78 is 22.7. The lowest BCUT2D eigenvalue weighted by Crippen LogP contribution is -2.34. The van der Waals surface area contributed by atoms with E-state index in [2.05, 4.69) is 0 Å². The lowest BCUT2D eigenvalue weighted by molar-refractivity contribution is 0.0635. The lowest BCUT2D eigenvalue weighted by Gasteiger charge is -2.14. The summed E-state index contributed by atoms with van der Waals surface area (Å²) in [7, 11) is -3.34. The van der Waals surface area contributed by atoms with Crippen LogP contribution in [0, 0.1) is 0 Å². The van der Waals surface area contributed by atoms with Gasteiger partial charge in [-0.1, -0.05) is 18.2 Å². The van der Waals surface area contributed by atoms with Crippen molar-refractivity contribution in [3.8, 4) is 0 Å². The number of imide groups is 2. The van der Waals surface area contributed by atoms with E-state index in [0.29, 0.717) is 16.7 Å². The number of nitrogens with zero attached hydrogens (tertiary/aromatic N) is 2. The molecule has 4 rings (SSSR count). The monoisotopic (exact) mass is 412 g/mol. The van der Waals surface area contributed by atoms with Crippen molar-refractivity contribution in [1.29, 1.82) is 0 Å². The van der Waals surface area contributed by atoms with Gasteiger partial charge in [0.25, 0.3) is 23.6 Å². The Labute approximate surface area is 166 Å². The number of benzene rings is 2. The highest BCUT2D eigenvalue weighted by molar-refractivity contribution is 7.90. The van der Waals surface area contributed by atoms with Gasteiger partial charge in [-0.15, -0.1) is 0 Å². The molecular weight excluding hydrogens is 396 g/mol. The minimum Gasteiger partial charge on any atom is -0.273 e. The number of fused-ring (bicyclic) bond motifs is 2. The Morgan fingerprint density at radius 2 is 1.24 bits per heavy atom. The van der Waals surface area contributed by atoms with Gasteiger partial charge in [-0.25, -0.2) is 8.42 Å². The SMILES string of the molecule is CS(=O)(=O)CCN1C(=O)c2ccc(CN3C(=O)c4ccccc4C3=O)cc2C1=O. The maximum atomic E-state index is 12.6. The molecule has 29 heavy (non-hydrogen) atoms. The molecule has 2 heterocycles.